The molecule has 0 aliphatic rings. The Balaban J connectivity index is 1.99. The zero-order valence-electron chi connectivity index (χ0n) is 12.5. The number of aromatic nitrogens is 1. The highest BCUT2D eigenvalue weighted by molar-refractivity contribution is 8.01. The molecule has 3 nitrogen and oxygen atoms in total. The average molecular weight is 322 g/mol. The summed E-state index contributed by atoms with van der Waals surface area (Å²) in [5.74, 6) is 1.92. The van der Waals surface area contributed by atoms with Crippen LogP contribution in [0.4, 0.5) is 0 Å². The van der Waals surface area contributed by atoms with E-state index < -0.39 is 0 Å². The standard InChI is InChI=1S/C16H22N2OS2/c1-3-9-17-15(12-21-16-18-10-11-20-16)13-5-7-14(8-6-13)19-4-2/h5-8,10-11,15,17H,3-4,9,12H2,1-2H3. The summed E-state index contributed by atoms with van der Waals surface area (Å²) in [6.07, 6.45) is 2.99. The molecule has 114 valence electrons. The van der Waals surface area contributed by atoms with Crippen molar-refractivity contribution in [2.24, 2.45) is 0 Å². The van der Waals surface area contributed by atoms with Gasteiger partial charge in [0, 0.05) is 23.4 Å². The van der Waals surface area contributed by atoms with Crippen LogP contribution in [-0.4, -0.2) is 23.9 Å². The van der Waals surface area contributed by atoms with E-state index in [9.17, 15) is 0 Å². The molecule has 1 unspecified atom stereocenters. The molecule has 1 N–H and O–H groups in total. The number of thioether (sulfide) groups is 1. The molecule has 0 bridgehead atoms. The van der Waals surface area contributed by atoms with Crippen molar-refractivity contribution in [1.82, 2.24) is 10.3 Å². The summed E-state index contributed by atoms with van der Waals surface area (Å²) in [4.78, 5) is 4.33. The molecule has 0 saturated heterocycles. The molecule has 0 aliphatic heterocycles. The van der Waals surface area contributed by atoms with E-state index >= 15 is 0 Å². The molecule has 0 saturated carbocycles. The number of thiazole rings is 1. The largest absolute Gasteiger partial charge is 0.494 e. The van der Waals surface area contributed by atoms with Crippen LogP contribution in [0.1, 0.15) is 31.9 Å². The zero-order chi connectivity index (χ0) is 14.9. The van der Waals surface area contributed by atoms with Gasteiger partial charge in [0.15, 0.2) is 0 Å². The van der Waals surface area contributed by atoms with Crippen LogP contribution in [0.3, 0.4) is 0 Å². The Bertz CT molecular complexity index is 500. The molecule has 0 amide bonds. The van der Waals surface area contributed by atoms with Crippen molar-refractivity contribution in [3.05, 3.63) is 41.4 Å². The van der Waals surface area contributed by atoms with Crippen molar-refractivity contribution in [3.63, 3.8) is 0 Å². The van der Waals surface area contributed by atoms with Crippen LogP contribution < -0.4 is 10.1 Å². The molecule has 21 heavy (non-hydrogen) atoms. The minimum atomic E-state index is 0.342. The Morgan fingerprint density at radius 3 is 2.71 bits per heavy atom. The molecule has 1 aromatic heterocycles. The molecule has 1 aromatic carbocycles. The Labute approximate surface area is 135 Å². The van der Waals surface area contributed by atoms with Gasteiger partial charge in [-0.05, 0) is 37.6 Å². The Morgan fingerprint density at radius 2 is 2.10 bits per heavy atom. The monoisotopic (exact) mass is 322 g/mol. The number of nitrogens with one attached hydrogen (secondary N) is 1. The number of ether oxygens (including phenoxy) is 1. The van der Waals surface area contributed by atoms with E-state index in [-0.39, 0.29) is 0 Å². The lowest BCUT2D eigenvalue weighted by Crippen LogP contribution is -2.24. The van der Waals surface area contributed by atoms with Crippen molar-refractivity contribution in [2.45, 2.75) is 30.6 Å². The molecule has 0 fully saturated rings. The molecule has 5 heteroatoms. The van der Waals surface area contributed by atoms with E-state index in [1.807, 2.05) is 42.4 Å². The third kappa shape index (κ3) is 5.34. The van der Waals surface area contributed by atoms with Crippen molar-refractivity contribution >= 4 is 23.1 Å². The molecule has 0 spiro atoms. The van der Waals surface area contributed by atoms with Gasteiger partial charge in [0.25, 0.3) is 0 Å². The normalized spacial score (nSPS) is 12.3. The number of benzene rings is 1. The van der Waals surface area contributed by atoms with E-state index in [1.165, 1.54) is 5.56 Å². The van der Waals surface area contributed by atoms with Crippen molar-refractivity contribution < 1.29 is 4.74 Å². The third-order valence-electron chi connectivity index (χ3n) is 3.02. The highest BCUT2D eigenvalue weighted by Crippen LogP contribution is 2.27. The van der Waals surface area contributed by atoms with Crippen LogP contribution in [0, 0.1) is 0 Å². The summed E-state index contributed by atoms with van der Waals surface area (Å²) in [6, 6.07) is 8.75. The average Bonchev–Trinajstić information content (AvgIpc) is 3.02. The van der Waals surface area contributed by atoms with Crippen LogP contribution in [-0.2, 0) is 0 Å². The first-order valence-electron chi connectivity index (χ1n) is 7.32. The fourth-order valence-corrected chi connectivity index (χ4v) is 3.75. The van der Waals surface area contributed by atoms with Crippen molar-refractivity contribution in [1.29, 1.82) is 0 Å². The number of nitrogens with zero attached hydrogens (tertiary/aromatic N) is 1. The topological polar surface area (TPSA) is 34.2 Å². The van der Waals surface area contributed by atoms with E-state index in [1.54, 1.807) is 11.3 Å². The molecule has 1 atom stereocenters. The second kappa shape index (κ2) is 9.07. The summed E-state index contributed by atoms with van der Waals surface area (Å²) >= 11 is 3.51. The Morgan fingerprint density at radius 1 is 1.29 bits per heavy atom. The Kier molecular flexibility index (Phi) is 7.06. The first kappa shape index (κ1) is 16.3. The van der Waals surface area contributed by atoms with Gasteiger partial charge in [-0.15, -0.1) is 11.3 Å². The van der Waals surface area contributed by atoms with E-state index in [0.29, 0.717) is 12.6 Å². The summed E-state index contributed by atoms with van der Waals surface area (Å²) in [5.41, 5.74) is 1.30. The first-order chi connectivity index (χ1) is 10.3. The third-order valence-corrected chi connectivity index (χ3v) is 5.08. The van der Waals surface area contributed by atoms with Gasteiger partial charge in [-0.3, -0.25) is 0 Å². The fraction of sp³-hybridized carbons (Fsp3) is 0.438. The maximum atomic E-state index is 5.51. The predicted octanol–water partition coefficient (Wildman–Crippen LogP) is 4.37. The summed E-state index contributed by atoms with van der Waals surface area (Å²) in [7, 11) is 0. The van der Waals surface area contributed by atoms with Crippen LogP contribution >= 0.6 is 23.1 Å². The molecule has 2 aromatic rings. The molecule has 1 heterocycles. The minimum Gasteiger partial charge on any atom is -0.494 e. The second-order valence-electron chi connectivity index (χ2n) is 4.62. The quantitative estimate of drug-likeness (QED) is 0.695. The molecule has 2 rings (SSSR count). The van der Waals surface area contributed by atoms with Gasteiger partial charge in [0.05, 0.1) is 6.61 Å². The van der Waals surface area contributed by atoms with Crippen LogP contribution in [0.25, 0.3) is 0 Å². The van der Waals surface area contributed by atoms with E-state index in [4.69, 9.17) is 4.74 Å². The fourth-order valence-electron chi connectivity index (χ4n) is 1.99. The lowest BCUT2D eigenvalue weighted by molar-refractivity contribution is 0.340. The molecular formula is C16H22N2OS2. The van der Waals surface area contributed by atoms with Crippen LogP contribution in [0.15, 0.2) is 40.2 Å². The minimum absolute atomic E-state index is 0.342. The van der Waals surface area contributed by atoms with E-state index in [0.717, 1.165) is 28.8 Å². The van der Waals surface area contributed by atoms with Gasteiger partial charge >= 0.3 is 0 Å². The van der Waals surface area contributed by atoms with Gasteiger partial charge in [-0.1, -0.05) is 30.8 Å². The van der Waals surface area contributed by atoms with Gasteiger partial charge in [0.1, 0.15) is 10.1 Å². The zero-order valence-corrected chi connectivity index (χ0v) is 14.2. The number of hydrogen-bond donors (Lipinski definition) is 1. The van der Waals surface area contributed by atoms with Crippen LogP contribution in [0.2, 0.25) is 0 Å². The molecular weight excluding hydrogens is 300 g/mol. The second-order valence-corrected chi connectivity index (χ2v) is 6.78. The van der Waals surface area contributed by atoms with E-state index in [2.05, 4.69) is 29.4 Å². The molecule has 0 aliphatic carbocycles. The summed E-state index contributed by atoms with van der Waals surface area (Å²) in [6.45, 7) is 5.92. The van der Waals surface area contributed by atoms with Crippen molar-refractivity contribution in [3.8, 4) is 5.75 Å². The summed E-state index contributed by atoms with van der Waals surface area (Å²) in [5, 5.41) is 5.64. The number of rotatable bonds is 9. The van der Waals surface area contributed by atoms with Gasteiger partial charge in [-0.2, -0.15) is 0 Å². The first-order valence-corrected chi connectivity index (χ1v) is 9.18. The SMILES string of the molecule is CCCNC(CSc1nccs1)c1ccc(OCC)cc1. The highest BCUT2D eigenvalue weighted by Gasteiger charge is 2.12. The highest BCUT2D eigenvalue weighted by atomic mass is 32.2. The smallest absolute Gasteiger partial charge is 0.149 e. The van der Waals surface area contributed by atoms with Gasteiger partial charge in [-0.25, -0.2) is 4.98 Å². The maximum absolute atomic E-state index is 5.51. The Hall–Kier alpha value is -1.04. The van der Waals surface area contributed by atoms with Crippen molar-refractivity contribution in [2.75, 3.05) is 18.9 Å². The lowest BCUT2D eigenvalue weighted by Gasteiger charge is -2.18. The van der Waals surface area contributed by atoms with Gasteiger partial charge in [0.2, 0.25) is 0 Å². The summed E-state index contributed by atoms with van der Waals surface area (Å²) < 4.78 is 6.64. The van der Waals surface area contributed by atoms with Gasteiger partial charge < -0.3 is 10.1 Å². The lowest BCUT2D eigenvalue weighted by atomic mass is 10.1. The maximum Gasteiger partial charge on any atom is 0.149 e. The van der Waals surface area contributed by atoms with Crippen LogP contribution in [0.5, 0.6) is 5.75 Å². The predicted molar refractivity (Wildman–Crippen MR) is 91.5 cm³/mol. The number of hydrogen-bond acceptors (Lipinski definition) is 5. The molecule has 0 radical (unpaired) electrons.